The Kier molecular flexibility index (Phi) is 7.62. The van der Waals surface area contributed by atoms with Crippen LogP contribution in [0.2, 0.25) is 0 Å². The molecule has 1 atom stereocenters. The van der Waals surface area contributed by atoms with Gasteiger partial charge < -0.3 is 14.4 Å². The van der Waals surface area contributed by atoms with Gasteiger partial charge in [0, 0.05) is 20.7 Å². The lowest BCUT2D eigenvalue weighted by atomic mass is 10.2. The number of nitrogens with zero attached hydrogens (tertiary/aromatic N) is 1. The number of benzene rings is 1. The van der Waals surface area contributed by atoms with Gasteiger partial charge in [0.05, 0.1) is 24.5 Å². The number of methoxy groups -OCH3 is 1. The van der Waals surface area contributed by atoms with Crippen molar-refractivity contribution in [1.82, 2.24) is 4.90 Å². The van der Waals surface area contributed by atoms with Gasteiger partial charge in [0.25, 0.3) is 0 Å². The zero-order chi connectivity index (χ0) is 15.0. The van der Waals surface area contributed by atoms with E-state index < -0.39 is 0 Å². The van der Waals surface area contributed by atoms with Crippen molar-refractivity contribution in [3.63, 3.8) is 0 Å². The molecule has 0 saturated heterocycles. The van der Waals surface area contributed by atoms with Gasteiger partial charge in [-0.25, -0.2) is 0 Å². The van der Waals surface area contributed by atoms with E-state index in [1.165, 1.54) is 0 Å². The lowest BCUT2D eigenvalue weighted by Crippen LogP contribution is -2.34. The average Bonchev–Trinajstić information content (AvgIpc) is 2.38. The molecule has 5 heteroatoms. The van der Waals surface area contributed by atoms with Crippen LogP contribution in [0.1, 0.15) is 12.0 Å². The van der Waals surface area contributed by atoms with Gasteiger partial charge in [0.15, 0.2) is 0 Å². The van der Waals surface area contributed by atoms with E-state index in [9.17, 15) is 4.79 Å². The maximum absolute atomic E-state index is 11.9. The Bertz CT molecular complexity index is 425. The van der Waals surface area contributed by atoms with Crippen LogP contribution < -0.4 is 4.74 Å². The fraction of sp³-hybridized carbons (Fsp3) is 0.533. The smallest absolute Gasteiger partial charge is 0.225 e. The first-order valence-corrected chi connectivity index (χ1v) is 7.51. The molecular formula is C15H22BrNO3. The molecule has 0 N–H and O–H groups in total. The maximum Gasteiger partial charge on any atom is 0.225 e. The Morgan fingerprint density at radius 2 is 2.20 bits per heavy atom. The van der Waals surface area contributed by atoms with E-state index in [0.29, 0.717) is 26.2 Å². The summed E-state index contributed by atoms with van der Waals surface area (Å²) in [5, 5.41) is 0. The summed E-state index contributed by atoms with van der Waals surface area (Å²) in [7, 11) is 3.44. The highest BCUT2D eigenvalue weighted by Crippen LogP contribution is 2.12. The number of ether oxygens (including phenoxy) is 2. The minimum absolute atomic E-state index is 0.0678. The summed E-state index contributed by atoms with van der Waals surface area (Å²) in [6.45, 7) is 3.61. The molecule has 0 heterocycles. The second kappa shape index (κ2) is 8.97. The zero-order valence-corrected chi connectivity index (χ0v) is 13.9. The number of halogens is 1. The summed E-state index contributed by atoms with van der Waals surface area (Å²) in [6.07, 6.45) is 0.372. The van der Waals surface area contributed by atoms with Gasteiger partial charge in [0.2, 0.25) is 5.91 Å². The molecule has 20 heavy (non-hydrogen) atoms. The van der Waals surface area contributed by atoms with Gasteiger partial charge in [-0.2, -0.15) is 0 Å². The van der Waals surface area contributed by atoms with E-state index in [-0.39, 0.29) is 10.7 Å². The first kappa shape index (κ1) is 17.0. The standard InChI is InChI=1S/C15H22BrNO3/c1-12-5-4-6-14(9-12)20-8-7-15(18)17(2)10-13(16)11-19-3/h4-6,9,13H,7-8,10-11H2,1-3H3. The molecular weight excluding hydrogens is 322 g/mol. The zero-order valence-electron chi connectivity index (χ0n) is 12.3. The largest absolute Gasteiger partial charge is 0.493 e. The number of amides is 1. The Balaban J connectivity index is 2.28. The monoisotopic (exact) mass is 343 g/mol. The number of hydrogen-bond acceptors (Lipinski definition) is 3. The Hall–Kier alpha value is -1.07. The molecule has 0 aliphatic carbocycles. The van der Waals surface area contributed by atoms with E-state index in [2.05, 4.69) is 15.9 Å². The highest BCUT2D eigenvalue weighted by Gasteiger charge is 2.13. The Morgan fingerprint density at radius 1 is 1.45 bits per heavy atom. The first-order valence-electron chi connectivity index (χ1n) is 6.59. The molecule has 1 aromatic rings. The van der Waals surface area contributed by atoms with Gasteiger partial charge in [0.1, 0.15) is 5.75 Å². The van der Waals surface area contributed by atoms with Crippen molar-refractivity contribution in [2.75, 3.05) is 33.9 Å². The van der Waals surface area contributed by atoms with Crippen molar-refractivity contribution in [3.05, 3.63) is 29.8 Å². The fourth-order valence-electron chi connectivity index (χ4n) is 1.78. The van der Waals surface area contributed by atoms with Crippen LogP contribution in [0.4, 0.5) is 0 Å². The SMILES string of the molecule is COCC(Br)CN(C)C(=O)CCOc1cccc(C)c1. The van der Waals surface area contributed by atoms with Crippen LogP contribution >= 0.6 is 15.9 Å². The fourth-order valence-corrected chi connectivity index (χ4v) is 2.48. The van der Waals surface area contributed by atoms with Gasteiger partial charge in [-0.05, 0) is 24.6 Å². The quantitative estimate of drug-likeness (QED) is 0.681. The molecule has 0 bridgehead atoms. The molecule has 112 valence electrons. The number of alkyl halides is 1. The van der Waals surface area contributed by atoms with Gasteiger partial charge in [-0.3, -0.25) is 4.79 Å². The van der Waals surface area contributed by atoms with Crippen molar-refractivity contribution in [1.29, 1.82) is 0 Å². The van der Waals surface area contributed by atoms with Crippen molar-refractivity contribution in [2.45, 2.75) is 18.2 Å². The lowest BCUT2D eigenvalue weighted by molar-refractivity contribution is -0.130. The molecule has 0 aromatic heterocycles. The van der Waals surface area contributed by atoms with Crippen LogP contribution in [0, 0.1) is 6.92 Å². The first-order chi connectivity index (χ1) is 9.52. The van der Waals surface area contributed by atoms with Crippen LogP contribution in [0.15, 0.2) is 24.3 Å². The Morgan fingerprint density at radius 3 is 2.85 bits per heavy atom. The predicted molar refractivity (Wildman–Crippen MR) is 83.5 cm³/mol. The predicted octanol–water partition coefficient (Wildman–Crippen LogP) is 2.63. The number of carbonyl (C=O) groups excluding carboxylic acids is 1. The van der Waals surface area contributed by atoms with Crippen molar-refractivity contribution in [3.8, 4) is 5.75 Å². The summed E-state index contributed by atoms with van der Waals surface area (Å²) in [5.41, 5.74) is 1.15. The van der Waals surface area contributed by atoms with Crippen LogP contribution in [-0.4, -0.2) is 49.6 Å². The maximum atomic E-state index is 11.9. The van der Waals surface area contributed by atoms with E-state index in [0.717, 1.165) is 11.3 Å². The molecule has 1 unspecified atom stereocenters. The minimum atomic E-state index is 0.0678. The third-order valence-electron chi connectivity index (χ3n) is 2.82. The number of aryl methyl sites for hydroxylation is 1. The third-order valence-corrected chi connectivity index (χ3v) is 3.37. The molecule has 1 amide bonds. The summed E-state index contributed by atoms with van der Waals surface area (Å²) < 4.78 is 10.6. The molecule has 4 nitrogen and oxygen atoms in total. The topological polar surface area (TPSA) is 38.8 Å². The van der Waals surface area contributed by atoms with E-state index in [1.54, 1.807) is 19.1 Å². The van der Waals surface area contributed by atoms with Gasteiger partial charge in [-0.15, -0.1) is 0 Å². The molecule has 0 aliphatic heterocycles. The van der Waals surface area contributed by atoms with Crippen molar-refractivity contribution < 1.29 is 14.3 Å². The molecule has 0 radical (unpaired) electrons. The summed E-state index contributed by atoms with van der Waals surface area (Å²) in [4.78, 5) is 13.8. The molecule has 1 aromatic carbocycles. The molecule has 0 fully saturated rings. The number of hydrogen-bond donors (Lipinski definition) is 0. The summed E-state index contributed by atoms with van der Waals surface area (Å²) >= 11 is 3.47. The number of carbonyl (C=O) groups is 1. The summed E-state index contributed by atoms with van der Waals surface area (Å²) in [5.74, 6) is 0.872. The van der Waals surface area contributed by atoms with Gasteiger partial charge >= 0.3 is 0 Å². The van der Waals surface area contributed by atoms with E-state index >= 15 is 0 Å². The second-order valence-electron chi connectivity index (χ2n) is 4.74. The van der Waals surface area contributed by atoms with Crippen LogP contribution in [0.3, 0.4) is 0 Å². The van der Waals surface area contributed by atoms with E-state index in [1.807, 2.05) is 31.2 Å². The highest BCUT2D eigenvalue weighted by molar-refractivity contribution is 9.09. The second-order valence-corrected chi connectivity index (χ2v) is 6.04. The summed E-state index contributed by atoms with van der Waals surface area (Å²) in [6, 6.07) is 7.81. The van der Waals surface area contributed by atoms with Crippen LogP contribution in [0.25, 0.3) is 0 Å². The number of rotatable bonds is 8. The lowest BCUT2D eigenvalue weighted by Gasteiger charge is -2.20. The van der Waals surface area contributed by atoms with Crippen LogP contribution in [-0.2, 0) is 9.53 Å². The highest BCUT2D eigenvalue weighted by atomic mass is 79.9. The third kappa shape index (κ3) is 6.39. The molecule has 0 saturated carbocycles. The molecule has 0 spiro atoms. The molecule has 0 aliphatic rings. The van der Waals surface area contributed by atoms with E-state index in [4.69, 9.17) is 9.47 Å². The molecule has 1 rings (SSSR count). The van der Waals surface area contributed by atoms with Gasteiger partial charge in [-0.1, -0.05) is 28.1 Å². The minimum Gasteiger partial charge on any atom is -0.493 e. The van der Waals surface area contributed by atoms with Crippen molar-refractivity contribution >= 4 is 21.8 Å². The normalized spacial score (nSPS) is 12.0. The Labute approximate surface area is 129 Å². The van der Waals surface area contributed by atoms with Crippen LogP contribution in [0.5, 0.6) is 5.75 Å². The van der Waals surface area contributed by atoms with Crippen molar-refractivity contribution in [2.24, 2.45) is 0 Å². The average molecular weight is 344 g/mol.